The molecular formula is C11H12N2O2. The number of nitrogens with zero attached hydrogens (tertiary/aromatic N) is 1. The first-order valence-electron chi connectivity index (χ1n) is 4.61. The summed E-state index contributed by atoms with van der Waals surface area (Å²) in [6, 6.07) is 3.73. The van der Waals surface area contributed by atoms with Crippen molar-refractivity contribution in [2.75, 3.05) is 5.73 Å². The zero-order valence-corrected chi connectivity index (χ0v) is 8.61. The van der Waals surface area contributed by atoms with Crippen molar-refractivity contribution in [1.82, 2.24) is 5.16 Å². The summed E-state index contributed by atoms with van der Waals surface area (Å²) in [5.41, 5.74) is 8.73. The van der Waals surface area contributed by atoms with Crippen molar-refractivity contribution in [3.8, 4) is 16.9 Å². The van der Waals surface area contributed by atoms with Gasteiger partial charge in [-0.05, 0) is 25.0 Å². The summed E-state index contributed by atoms with van der Waals surface area (Å²) >= 11 is 0. The van der Waals surface area contributed by atoms with Gasteiger partial charge in [-0.3, -0.25) is 0 Å². The largest absolute Gasteiger partial charge is 0.507 e. The third-order valence-corrected chi connectivity index (χ3v) is 2.59. The molecule has 0 aliphatic heterocycles. The molecule has 2 rings (SSSR count). The van der Waals surface area contributed by atoms with Crippen LogP contribution in [0.1, 0.15) is 11.1 Å². The van der Waals surface area contributed by atoms with E-state index in [0.29, 0.717) is 11.1 Å². The fraction of sp³-hybridized carbons (Fsp3) is 0.182. The highest BCUT2D eigenvalue weighted by Crippen LogP contribution is 2.36. The van der Waals surface area contributed by atoms with Crippen molar-refractivity contribution in [2.24, 2.45) is 0 Å². The number of nitrogens with two attached hydrogens (primary N) is 1. The Morgan fingerprint density at radius 1 is 1.27 bits per heavy atom. The number of phenolic OH excluding ortho intramolecular Hbond substituents is 1. The van der Waals surface area contributed by atoms with Crippen molar-refractivity contribution in [1.29, 1.82) is 0 Å². The number of phenols is 1. The van der Waals surface area contributed by atoms with Crippen molar-refractivity contribution in [3.63, 3.8) is 0 Å². The lowest BCUT2D eigenvalue weighted by atomic mass is 10.0. The van der Waals surface area contributed by atoms with E-state index in [2.05, 4.69) is 5.16 Å². The molecule has 0 saturated carbocycles. The van der Waals surface area contributed by atoms with Crippen LogP contribution in [0.25, 0.3) is 11.1 Å². The minimum atomic E-state index is 0.216. The van der Waals surface area contributed by atoms with Crippen LogP contribution in [0.15, 0.2) is 22.9 Å². The molecule has 4 heteroatoms. The zero-order chi connectivity index (χ0) is 11.0. The van der Waals surface area contributed by atoms with E-state index >= 15 is 0 Å². The predicted molar refractivity (Wildman–Crippen MR) is 57.5 cm³/mol. The van der Waals surface area contributed by atoms with Crippen molar-refractivity contribution < 1.29 is 9.63 Å². The van der Waals surface area contributed by atoms with E-state index in [1.807, 2.05) is 19.9 Å². The van der Waals surface area contributed by atoms with Gasteiger partial charge >= 0.3 is 0 Å². The third-order valence-electron chi connectivity index (χ3n) is 2.59. The van der Waals surface area contributed by atoms with E-state index in [9.17, 15) is 5.11 Å². The maximum Gasteiger partial charge on any atom is 0.230 e. The quantitative estimate of drug-likeness (QED) is 0.747. The maximum atomic E-state index is 9.95. The van der Waals surface area contributed by atoms with Crippen molar-refractivity contribution in [3.05, 3.63) is 29.5 Å². The Balaban J connectivity index is 2.65. The molecule has 0 atom stereocenters. The SMILES string of the molecule is Cc1ccc(-c2cnoc2N)c(O)c1C. The number of aromatic nitrogens is 1. The van der Waals surface area contributed by atoms with Gasteiger partial charge in [0.15, 0.2) is 0 Å². The minimum Gasteiger partial charge on any atom is -0.507 e. The third kappa shape index (κ3) is 1.44. The molecular weight excluding hydrogens is 192 g/mol. The van der Waals surface area contributed by atoms with Crippen LogP contribution in [0.3, 0.4) is 0 Å². The Morgan fingerprint density at radius 3 is 2.60 bits per heavy atom. The number of benzene rings is 1. The van der Waals surface area contributed by atoms with E-state index in [0.717, 1.165) is 11.1 Å². The van der Waals surface area contributed by atoms with Gasteiger partial charge in [-0.15, -0.1) is 0 Å². The van der Waals surface area contributed by atoms with Crippen LogP contribution in [0.2, 0.25) is 0 Å². The molecule has 15 heavy (non-hydrogen) atoms. The van der Waals surface area contributed by atoms with E-state index in [4.69, 9.17) is 10.3 Å². The molecule has 1 aromatic heterocycles. The molecule has 78 valence electrons. The first-order chi connectivity index (χ1) is 7.11. The second kappa shape index (κ2) is 3.31. The summed E-state index contributed by atoms with van der Waals surface area (Å²) < 4.78 is 4.76. The lowest BCUT2D eigenvalue weighted by molar-refractivity contribution is 0.436. The monoisotopic (exact) mass is 204 g/mol. The number of aryl methyl sites for hydroxylation is 1. The van der Waals surface area contributed by atoms with Crippen molar-refractivity contribution >= 4 is 5.88 Å². The number of anilines is 1. The zero-order valence-electron chi connectivity index (χ0n) is 8.61. The van der Waals surface area contributed by atoms with Gasteiger partial charge in [-0.25, -0.2) is 0 Å². The Kier molecular flexibility index (Phi) is 2.11. The second-order valence-corrected chi connectivity index (χ2v) is 3.51. The van der Waals surface area contributed by atoms with Gasteiger partial charge in [-0.1, -0.05) is 17.3 Å². The van der Waals surface area contributed by atoms with Gasteiger partial charge in [0.25, 0.3) is 0 Å². The predicted octanol–water partition coefficient (Wildman–Crippen LogP) is 2.25. The molecule has 0 aliphatic rings. The van der Waals surface area contributed by atoms with Crippen LogP contribution in [0, 0.1) is 13.8 Å². The highest BCUT2D eigenvalue weighted by Gasteiger charge is 2.13. The molecule has 0 fully saturated rings. The average molecular weight is 204 g/mol. The molecule has 0 bridgehead atoms. The van der Waals surface area contributed by atoms with E-state index in [-0.39, 0.29) is 11.6 Å². The molecule has 0 aliphatic carbocycles. The average Bonchev–Trinajstić information content (AvgIpc) is 2.62. The van der Waals surface area contributed by atoms with Crippen molar-refractivity contribution in [2.45, 2.75) is 13.8 Å². The molecule has 0 spiro atoms. The number of nitrogen functional groups attached to an aromatic ring is 1. The smallest absolute Gasteiger partial charge is 0.230 e. The van der Waals surface area contributed by atoms with Crippen LogP contribution >= 0.6 is 0 Å². The van der Waals surface area contributed by atoms with Gasteiger partial charge in [0.1, 0.15) is 5.75 Å². The first-order valence-corrected chi connectivity index (χ1v) is 4.61. The molecule has 2 aromatic rings. The van der Waals surface area contributed by atoms with E-state index in [1.165, 1.54) is 6.20 Å². The standard InChI is InChI=1S/C11H12N2O2/c1-6-3-4-8(10(14)7(6)2)9-5-13-15-11(9)12/h3-5,14H,12H2,1-2H3. The lowest BCUT2D eigenvalue weighted by Crippen LogP contribution is -1.88. The number of hydrogen-bond acceptors (Lipinski definition) is 4. The fourth-order valence-electron chi connectivity index (χ4n) is 1.47. The summed E-state index contributed by atoms with van der Waals surface area (Å²) in [5, 5.41) is 13.5. The molecule has 0 amide bonds. The highest BCUT2D eigenvalue weighted by molar-refractivity contribution is 5.78. The molecule has 3 N–H and O–H groups in total. The van der Waals surface area contributed by atoms with Crippen LogP contribution < -0.4 is 5.73 Å². The van der Waals surface area contributed by atoms with Crippen LogP contribution in [0.5, 0.6) is 5.75 Å². The number of hydrogen-bond donors (Lipinski definition) is 2. The van der Waals surface area contributed by atoms with E-state index in [1.54, 1.807) is 6.07 Å². The van der Waals surface area contributed by atoms with Gasteiger partial charge in [0.05, 0.1) is 11.8 Å². The molecule has 4 nitrogen and oxygen atoms in total. The maximum absolute atomic E-state index is 9.95. The minimum absolute atomic E-state index is 0.216. The first kappa shape index (κ1) is 9.58. The summed E-state index contributed by atoms with van der Waals surface area (Å²) in [6.45, 7) is 3.80. The molecule has 1 aromatic carbocycles. The van der Waals surface area contributed by atoms with Gasteiger partial charge in [0, 0.05) is 5.56 Å². The highest BCUT2D eigenvalue weighted by atomic mass is 16.5. The topological polar surface area (TPSA) is 72.3 Å². The second-order valence-electron chi connectivity index (χ2n) is 3.51. The summed E-state index contributed by atoms with van der Waals surface area (Å²) in [4.78, 5) is 0. The lowest BCUT2D eigenvalue weighted by Gasteiger charge is -2.07. The molecule has 0 unspecified atom stereocenters. The Hall–Kier alpha value is -1.97. The fourth-order valence-corrected chi connectivity index (χ4v) is 1.47. The number of rotatable bonds is 1. The summed E-state index contributed by atoms with van der Waals surface area (Å²) in [5.74, 6) is 0.443. The van der Waals surface area contributed by atoms with Gasteiger partial charge in [-0.2, -0.15) is 0 Å². The molecule has 0 saturated heterocycles. The molecule has 0 radical (unpaired) electrons. The summed E-state index contributed by atoms with van der Waals surface area (Å²) in [6.07, 6.45) is 1.50. The normalized spacial score (nSPS) is 10.5. The van der Waals surface area contributed by atoms with Gasteiger partial charge in [0.2, 0.25) is 5.88 Å². The molecule has 1 heterocycles. The van der Waals surface area contributed by atoms with Crippen LogP contribution in [0.4, 0.5) is 5.88 Å². The summed E-state index contributed by atoms with van der Waals surface area (Å²) in [7, 11) is 0. The van der Waals surface area contributed by atoms with Gasteiger partial charge < -0.3 is 15.4 Å². The van der Waals surface area contributed by atoms with E-state index < -0.39 is 0 Å². The Bertz CT molecular complexity index is 503. The Labute approximate surface area is 87.3 Å². The Morgan fingerprint density at radius 2 is 2.00 bits per heavy atom. The van der Waals surface area contributed by atoms with Crippen LogP contribution in [-0.4, -0.2) is 10.3 Å². The van der Waals surface area contributed by atoms with Crippen LogP contribution in [-0.2, 0) is 0 Å². The number of aromatic hydroxyl groups is 1.